The van der Waals surface area contributed by atoms with Gasteiger partial charge in [0.1, 0.15) is 6.33 Å². The molecule has 1 atom stereocenters. The SMILES string of the molecule is NC1CCN(c2ncnc3nccnc23)C1. The summed E-state index contributed by atoms with van der Waals surface area (Å²) in [6.45, 7) is 1.74. The van der Waals surface area contributed by atoms with Gasteiger partial charge in [0, 0.05) is 31.5 Å². The molecule has 16 heavy (non-hydrogen) atoms. The molecule has 1 fully saturated rings. The summed E-state index contributed by atoms with van der Waals surface area (Å²) in [5, 5.41) is 0. The lowest BCUT2D eigenvalue weighted by molar-refractivity contribution is 0.751. The van der Waals surface area contributed by atoms with Crippen LogP contribution < -0.4 is 10.6 Å². The lowest BCUT2D eigenvalue weighted by Crippen LogP contribution is -2.27. The number of fused-ring (bicyclic) bond motifs is 1. The predicted molar refractivity (Wildman–Crippen MR) is 59.9 cm³/mol. The average Bonchev–Trinajstić information content (AvgIpc) is 2.75. The van der Waals surface area contributed by atoms with Gasteiger partial charge in [-0.1, -0.05) is 0 Å². The van der Waals surface area contributed by atoms with Crippen LogP contribution in [0.4, 0.5) is 5.82 Å². The highest BCUT2D eigenvalue weighted by Crippen LogP contribution is 2.22. The second-order valence-electron chi connectivity index (χ2n) is 3.92. The maximum absolute atomic E-state index is 5.89. The Balaban J connectivity index is 2.09. The topological polar surface area (TPSA) is 80.8 Å². The third-order valence-electron chi connectivity index (χ3n) is 2.78. The summed E-state index contributed by atoms with van der Waals surface area (Å²) in [5.74, 6) is 0.839. The third-order valence-corrected chi connectivity index (χ3v) is 2.78. The highest BCUT2D eigenvalue weighted by Gasteiger charge is 2.22. The smallest absolute Gasteiger partial charge is 0.183 e. The minimum absolute atomic E-state index is 0.224. The molecule has 3 heterocycles. The van der Waals surface area contributed by atoms with Crippen molar-refractivity contribution in [2.75, 3.05) is 18.0 Å². The maximum atomic E-state index is 5.89. The summed E-state index contributed by atoms with van der Waals surface area (Å²) in [7, 11) is 0. The first-order valence-electron chi connectivity index (χ1n) is 5.27. The first-order chi connectivity index (χ1) is 7.84. The Kier molecular flexibility index (Phi) is 2.14. The van der Waals surface area contributed by atoms with Gasteiger partial charge in [-0.15, -0.1) is 0 Å². The Morgan fingerprint density at radius 1 is 1.19 bits per heavy atom. The highest BCUT2D eigenvalue weighted by molar-refractivity contribution is 5.82. The summed E-state index contributed by atoms with van der Waals surface area (Å²) < 4.78 is 0. The zero-order valence-corrected chi connectivity index (χ0v) is 8.74. The second kappa shape index (κ2) is 3.64. The van der Waals surface area contributed by atoms with Crippen LogP contribution in [-0.2, 0) is 0 Å². The molecule has 1 aliphatic rings. The van der Waals surface area contributed by atoms with Gasteiger partial charge in [-0.2, -0.15) is 0 Å². The van der Waals surface area contributed by atoms with Gasteiger partial charge in [-0.25, -0.2) is 19.9 Å². The van der Waals surface area contributed by atoms with Crippen molar-refractivity contribution in [1.29, 1.82) is 0 Å². The van der Waals surface area contributed by atoms with Crippen LogP contribution in [0.2, 0.25) is 0 Å². The van der Waals surface area contributed by atoms with Crippen LogP contribution in [0.3, 0.4) is 0 Å². The van der Waals surface area contributed by atoms with Crippen molar-refractivity contribution in [3.63, 3.8) is 0 Å². The maximum Gasteiger partial charge on any atom is 0.183 e. The summed E-state index contributed by atoms with van der Waals surface area (Å²) in [6.07, 6.45) is 5.81. The molecule has 1 unspecified atom stereocenters. The van der Waals surface area contributed by atoms with Crippen LogP contribution in [0.1, 0.15) is 6.42 Å². The van der Waals surface area contributed by atoms with E-state index in [9.17, 15) is 0 Å². The van der Waals surface area contributed by atoms with Crippen molar-refractivity contribution >= 4 is 17.0 Å². The Morgan fingerprint density at radius 2 is 2.06 bits per heavy atom. The Hall–Kier alpha value is -1.82. The molecule has 2 aromatic heterocycles. The van der Waals surface area contributed by atoms with Gasteiger partial charge in [0.05, 0.1) is 0 Å². The van der Waals surface area contributed by atoms with E-state index in [1.807, 2.05) is 0 Å². The molecule has 0 saturated carbocycles. The molecule has 2 N–H and O–H groups in total. The number of hydrogen-bond acceptors (Lipinski definition) is 6. The van der Waals surface area contributed by atoms with Crippen LogP contribution in [0, 0.1) is 0 Å². The normalized spacial score (nSPS) is 20.6. The molecule has 6 nitrogen and oxygen atoms in total. The molecule has 0 amide bonds. The number of anilines is 1. The first kappa shape index (κ1) is 9.41. The fourth-order valence-corrected chi connectivity index (χ4v) is 1.99. The van der Waals surface area contributed by atoms with Crippen LogP contribution in [0.25, 0.3) is 11.2 Å². The Bertz CT molecular complexity index is 508. The predicted octanol–water partition coefficient (Wildman–Crippen LogP) is -0.0428. The molecule has 0 radical (unpaired) electrons. The van der Waals surface area contributed by atoms with Gasteiger partial charge in [0.2, 0.25) is 0 Å². The minimum Gasteiger partial charge on any atom is -0.353 e. The van der Waals surface area contributed by atoms with E-state index < -0.39 is 0 Å². The lowest BCUT2D eigenvalue weighted by Gasteiger charge is -2.17. The van der Waals surface area contributed by atoms with E-state index in [2.05, 4.69) is 24.8 Å². The number of aromatic nitrogens is 4. The monoisotopic (exact) mass is 216 g/mol. The van der Waals surface area contributed by atoms with Gasteiger partial charge in [-0.3, -0.25) is 0 Å². The van der Waals surface area contributed by atoms with E-state index in [-0.39, 0.29) is 6.04 Å². The molecule has 0 aromatic carbocycles. The summed E-state index contributed by atoms with van der Waals surface area (Å²) in [5.41, 5.74) is 7.27. The van der Waals surface area contributed by atoms with E-state index in [1.165, 1.54) is 6.33 Å². The van der Waals surface area contributed by atoms with Crippen LogP contribution in [0.5, 0.6) is 0 Å². The fourth-order valence-electron chi connectivity index (χ4n) is 1.99. The molecule has 0 aliphatic carbocycles. The van der Waals surface area contributed by atoms with Crippen molar-refractivity contribution in [1.82, 2.24) is 19.9 Å². The van der Waals surface area contributed by atoms with Crippen LogP contribution >= 0.6 is 0 Å². The van der Waals surface area contributed by atoms with Crippen molar-refractivity contribution in [2.24, 2.45) is 5.73 Å². The zero-order chi connectivity index (χ0) is 11.0. The third kappa shape index (κ3) is 1.47. The van der Waals surface area contributed by atoms with E-state index in [0.29, 0.717) is 5.65 Å². The number of nitrogens with two attached hydrogens (primary N) is 1. The zero-order valence-electron chi connectivity index (χ0n) is 8.74. The van der Waals surface area contributed by atoms with Crippen LogP contribution in [-0.4, -0.2) is 39.1 Å². The van der Waals surface area contributed by atoms with Crippen molar-refractivity contribution in [3.05, 3.63) is 18.7 Å². The quantitative estimate of drug-likeness (QED) is 0.720. The molecule has 6 heteroatoms. The largest absolute Gasteiger partial charge is 0.353 e. The highest BCUT2D eigenvalue weighted by atomic mass is 15.2. The second-order valence-corrected chi connectivity index (χ2v) is 3.92. The molecule has 3 rings (SSSR count). The standard InChI is InChI=1S/C10H12N6/c11-7-1-4-16(5-7)10-8-9(14-6-15-10)13-3-2-12-8/h2-3,6-7H,1,4-5,11H2. The van der Waals surface area contributed by atoms with Crippen molar-refractivity contribution in [3.8, 4) is 0 Å². The van der Waals surface area contributed by atoms with Gasteiger partial charge < -0.3 is 10.6 Å². The van der Waals surface area contributed by atoms with Crippen molar-refractivity contribution < 1.29 is 0 Å². The van der Waals surface area contributed by atoms with Gasteiger partial charge >= 0.3 is 0 Å². The molecular formula is C10H12N6. The molecule has 0 spiro atoms. The first-order valence-corrected chi connectivity index (χ1v) is 5.27. The van der Waals surface area contributed by atoms with E-state index in [4.69, 9.17) is 5.73 Å². The van der Waals surface area contributed by atoms with E-state index in [0.717, 1.165) is 30.8 Å². The van der Waals surface area contributed by atoms with Gasteiger partial charge in [0.25, 0.3) is 0 Å². The number of hydrogen-bond donors (Lipinski definition) is 1. The summed E-state index contributed by atoms with van der Waals surface area (Å²) >= 11 is 0. The average molecular weight is 216 g/mol. The Morgan fingerprint density at radius 3 is 2.88 bits per heavy atom. The Labute approximate surface area is 92.5 Å². The molecule has 2 aromatic rings. The van der Waals surface area contributed by atoms with E-state index >= 15 is 0 Å². The van der Waals surface area contributed by atoms with E-state index in [1.54, 1.807) is 12.4 Å². The van der Waals surface area contributed by atoms with Crippen LogP contribution in [0.15, 0.2) is 18.7 Å². The fraction of sp³-hybridized carbons (Fsp3) is 0.400. The molecule has 1 aliphatic heterocycles. The number of rotatable bonds is 1. The molecule has 0 bridgehead atoms. The summed E-state index contributed by atoms with van der Waals surface area (Å²) in [6, 6.07) is 0.224. The van der Waals surface area contributed by atoms with Gasteiger partial charge in [0.15, 0.2) is 17.0 Å². The lowest BCUT2D eigenvalue weighted by atomic mass is 10.3. The minimum atomic E-state index is 0.224. The molecule has 1 saturated heterocycles. The summed E-state index contributed by atoms with van der Waals surface area (Å²) in [4.78, 5) is 19.0. The molecule has 82 valence electrons. The molecular weight excluding hydrogens is 204 g/mol. The van der Waals surface area contributed by atoms with Crippen molar-refractivity contribution in [2.45, 2.75) is 12.5 Å². The number of nitrogens with zero attached hydrogens (tertiary/aromatic N) is 5. The van der Waals surface area contributed by atoms with Gasteiger partial charge in [-0.05, 0) is 6.42 Å².